The molecule has 2 aromatic rings. The Hall–Kier alpha value is -3.30. The molecule has 2 heterocycles. The fraction of sp³-hybridized carbons (Fsp3) is 0.462. The van der Waals surface area contributed by atoms with Gasteiger partial charge in [-0.25, -0.2) is 4.39 Å². The second kappa shape index (κ2) is 10.8. The van der Waals surface area contributed by atoms with Crippen LogP contribution in [0.3, 0.4) is 0 Å². The number of hydrogen-bond donors (Lipinski definition) is 2. The zero-order chi connectivity index (χ0) is 25.9. The topological polar surface area (TPSA) is 64.7 Å². The Bertz CT molecular complexity index is 1080. The van der Waals surface area contributed by atoms with E-state index in [0.717, 1.165) is 5.56 Å². The van der Waals surface area contributed by atoms with E-state index in [9.17, 15) is 27.2 Å². The molecule has 0 bridgehead atoms. The molecule has 2 N–H and O–H groups in total. The molecule has 2 aliphatic rings. The number of piperidine rings is 1. The molecule has 6 nitrogen and oxygen atoms in total. The van der Waals surface area contributed by atoms with Gasteiger partial charge in [0.1, 0.15) is 5.82 Å². The summed E-state index contributed by atoms with van der Waals surface area (Å²) in [7, 11) is 0. The number of nitrogens with one attached hydrogen (secondary N) is 2. The summed E-state index contributed by atoms with van der Waals surface area (Å²) in [5.74, 6) is -2.27. The zero-order valence-electron chi connectivity index (χ0n) is 20.1. The minimum Gasteiger partial charge on any atom is -0.371 e. The van der Waals surface area contributed by atoms with Gasteiger partial charge in [0.05, 0.1) is 17.5 Å². The molecule has 36 heavy (non-hydrogen) atoms. The Morgan fingerprint density at radius 1 is 1.08 bits per heavy atom. The summed E-state index contributed by atoms with van der Waals surface area (Å²) in [6.07, 6.45) is -3.93. The highest BCUT2D eigenvalue weighted by Crippen LogP contribution is 2.36. The van der Waals surface area contributed by atoms with Crippen LogP contribution < -0.4 is 15.5 Å². The van der Waals surface area contributed by atoms with Crippen molar-refractivity contribution in [1.29, 1.82) is 0 Å². The first-order chi connectivity index (χ1) is 17.1. The van der Waals surface area contributed by atoms with Crippen molar-refractivity contribution in [2.45, 2.75) is 38.9 Å². The van der Waals surface area contributed by atoms with Gasteiger partial charge in [0.2, 0.25) is 11.8 Å². The van der Waals surface area contributed by atoms with Crippen LogP contribution in [0.25, 0.3) is 0 Å². The van der Waals surface area contributed by atoms with Gasteiger partial charge in [0, 0.05) is 50.5 Å². The lowest BCUT2D eigenvalue weighted by Crippen LogP contribution is -2.39. The van der Waals surface area contributed by atoms with Gasteiger partial charge in [0.25, 0.3) is 0 Å². The Balaban J connectivity index is 1.28. The summed E-state index contributed by atoms with van der Waals surface area (Å²) in [5.41, 5.74) is 2.35. The number of carbonyl (C=O) groups is 2. The first kappa shape index (κ1) is 25.8. The van der Waals surface area contributed by atoms with Crippen LogP contribution in [0.15, 0.2) is 42.5 Å². The molecule has 4 rings (SSSR count). The number of nitrogens with zero attached hydrogens (tertiary/aromatic N) is 2. The van der Waals surface area contributed by atoms with Gasteiger partial charge in [-0.1, -0.05) is 12.1 Å². The second-order valence-electron chi connectivity index (χ2n) is 9.34. The van der Waals surface area contributed by atoms with Gasteiger partial charge < -0.3 is 20.4 Å². The van der Waals surface area contributed by atoms with Crippen molar-refractivity contribution in [3.8, 4) is 0 Å². The third-order valence-corrected chi connectivity index (χ3v) is 6.94. The van der Waals surface area contributed by atoms with Crippen LogP contribution in [0.2, 0.25) is 0 Å². The second-order valence-corrected chi connectivity index (χ2v) is 9.34. The number of benzene rings is 2. The summed E-state index contributed by atoms with van der Waals surface area (Å²) in [6.45, 7) is 3.73. The van der Waals surface area contributed by atoms with Crippen molar-refractivity contribution in [1.82, 2.24) is 10.2 Å². The Morgan fingerprint density at radius 3 is 2.36 bits per heavy atom. The van der Waals surface area contributed by atoms with E-state index >= 15 is 0 Å². The summed E-state index contributed by atoms with van der Waals surface area (Å²) >= 11 is 0. The minimum absolute atomic E-state index is 0.000589. The lowest BCUT2D eigenvalue weighted by atomic mass is 9.96. The van der Waals surface area contributed by atoms with E-state index in [1.807, 2.05) is 19.1 Å². The van der Waals surface area contributed by atoms with Crippen molar-refractivity contribution >= 4 is 28.9 Å². The molecule has 1 atom stereocenters. The third-order valence-electron chi connectivity index (χ3n) is 6.94. The lowest BCUT2D eigenvalue weighted by molar-refractivity contribution is -0.179. The number of hydrogen-bond acceptors (Lipinski definition) is 4. The minimum atomic E-state index is -4.18. The summed E-state index contributed by atoms with van der Waals surface area (Å²) in [4.78, 5) is 27.6. The highest BCUT2D eigenvalue weighted by molar-refractivity contribution is 5.89. The van der Waals surface area contributed by atoms with Crippen molar-refractivity contribution in [2.75, 3.05) is 36.4 Å². The molecule has 1 unspecified atom stereocenters. The van der Waals surface area contributed by atoms with Crippen molar-refractivity contribution in [2.24, 2.45) is 11.8 Å². The molecule has 0 spiro atoms. The van der Waals surface area contributed by atoms with Crippen LogP contribution in [0.5, 0.6) is 0 Å². The fourth-order valence-corrected chi connectivity index (χ4v) is 4.72. The maximum absolute atomic E-state index is 14.7. The standard InChI is InChI=1S/C26H30F4N4O2/c1-2-33-16-18(13-24(33)35)25(36)31-15-17-3-5-20(6-4-17)32-23-8-7-21(14-22(23)27)34-11-9-19(10-12-34)26(28,29)30/h3-8,14,18-19,32H,2,9-13,15-16H2,1H3,(H,31,36). The van der Waals surface area contributed by atoms with Crippen LogP contribution in [0.1, 0.15) is 31.7 Å². The molecule has 2 fully saturated rings. The summed E-state index contributed by atoms with van der Waals surface area (Å²) in [6, 6.07) is 11.8. The van der Waals surface area contributed by atoms with Crippen molar-refractivity contribution in [3.05, 3.63) is 53.8 Å². The maximum Gasteiger partial charge on any atom is 0.391 e. The number of anilines is 3. The first-order valence-electron chi connectivity index (χ1n) is 12.2. The van der Waals surface area contributed by atoms with Crippen LogP contribution in [-0.4, -0.2) is 49.1 Å². The largest absolute Gasteiger partial charge is 0.391 e. The van der Waals surface area contributed by atoms with Crippen LogP contribution >= 0.6 is 0 Å². The molecular formula is C26H30F4N4O2. The van der Waals surface area contributed by atoms with Crippen LogP contribution in [-0.2, 0) is 16.1 Å². The molecule has 2 saturated heterocycles. The van der Waals surface area contributed by atoms with Gasteiger partial charge in [-0.2, -0.15) is 13.2 Å². The lowest BCUT2D eigenvalue weighted by Gasteiger charge is -2.34. The van der Waals surface area contributed by atoms with E-state index in [4.69, 9.17) is 0 Å². The van der Waals surface area contributed by atoms with E-state index in [2.05, 4.69) is 10.6 Å². The smallest absolute Gasteiger partial charge is 0.371 e. The van der Waals surface area contributed by atoms with Crippen LogP contribution in [0, 0.1) is 17.7 Å². The van der Waals surface area contributed by atoms with Crippen molar-refractivity contribution < 1.29 is 27.2 Å². The average Bonchev–Trinajstić information content (AvgIpc) is 3.25. The molecular weight excluding hydrogens is 476 g/mol. The molecule has 2 amide bonds. The Kier molecular flexibility index (Phi) is 7.70. The van der Waals surface area contributed by atoms with Gasteiger partial charge in [-0.15, -0.1) is 0 Å². The average molecular weight is 507 g/mol. The zero-order valence-corrected chi connectivity index (χ0v) is 20.1. The number of halogens is 4. The molecule has 2 aromatic carbocycles. The Labute approximate surface area is 207 Å². The van der Waals surface area contributed by atoms with E-state index in [1.54, 1.807) is 34.1 Å². The van der Waals surface area contributed by atoms with E-state index in [-0.39, 0.29) is 55.8 Å². The highest BCUT2D eigenvalue weighted by atomic mass is 19.4. The molecule has 0 aliphatic carbocycles. The predicted molar refractivity (Wildman–Crippen MR) is 129 cm³/mol. The van der Waals surface area contributed by atoms with Crippen LogP contribution in [0.4, 0.5) is 34.6 Å². The number of amides is 2. The normalized spacial score (nSPS) is 19.0. The summed E-state index contributed by atoms with van der Waals surface area (Å²) < 4.78 is 53.4. The van der Waals surface area contributed by atoms with E-state index < -0.39 is 17.9 Å². The molecule has 0 radical (unpaired) electrons. The SMILES string of the molecule is CCN1CC(C(=O)NCc2ccc(Nc3ccc(N4CCC(C(F)(F)F)CC4)cc3F)cc2)CC1=O. The molecule has 0 aromatic heterocycles. The summed E-state index contributed by atoms with van der Waals surface area (Å²) in [5, 5.41) is 5.88. The third kappa shape index (κ3) is 6.09. The maximum atomic E-state index is 14.7. The number of likely N-dealkylation sites (tertiary alicyclic amines) is 1. The van der Waals surface area contributed by atoms with E-state index in [1.165, 1.54) is 6.07 Å². The van der Waals surface area contributed by atoms with Gasteiger partial charge in [-0.3, -0.25) is 9.59 Å². The first-order valence-corrected chi connectivity index (χ1v) is 12.2. The fourth-order valence-electron chi connectivity index (χ4n) is 4.72. The highest BCUT2D eigenvalue weighted by Gasteiger charge is 2.41. The number of rotatable bonds is 7. The Morgan fingerprint density at radius 2 is 1.78 bits per heavy atom. The van der Waals surface area contributed by atoms with Gasteiger partial charge in [-0.05, 0) is 55.7 Å². The van der Waals surface area contributed by atoms with Gasteiger partial charge >= 0.3 is 6.18 Å². The molecule has 2 aliphatic heterocycles. The molecule has 10 heteroatoms. The van der Waals surface area contributed by atoms with Gasteiger partial charge in [0.15, 0.2) is 0 Å². The van der Waals surface area contributed by atoms with E-state index in [0.29, 0.717) is 31.0 Å². The monoisotopic (exact) mass is 506 g/mol. The molecule has 194 valence electrons. The van der Waals surface area contributed by atoms with Crippen molar-refractivity contribution in [3.63, 3.8) is 0 Å². The number of carbonyl (C=O) groups excluding carboxylic acids is 2. The molecule has 0 saturated carbocycles. The quantitative estimate of drug-likeness (QED) is 0.528. The predicted octanol–water partition coefficient (Wildman–Crippen LogP) is 4.83. The number of alkyl halides is 3.